The molecule has 0 atom stereocenters. The van der Waals surface area contributed by atoms with Crippen molar-refractivity contribution in [2.45, 2.75) is 0 Å². The predicted octanol–water partition coefficient (Wildman–Crippen LogP) is 0.858. The van der Waals surface area contributed by atoms with Gasteiger partial charge in [-0.25, -0.2) is 0 Å². The van der Waals surface area contributed by atoms with E-state index >= 15 is 0 Å². The van der Waals surface area contributed by atoms with Crippen LogP contribution in [-0.4, -0.2) is 10.2 Å². The van der Waals surface area contributed by atoms with Gasteiger partial charge in [0.05, 0.1) is 0 Å². The van der Waals surface area contributed by atoms with Gasteiger partial charge in [0, 0.05) is 0 Å². The Morgan fingerprint density at radius 2 is 1.27 bits per heavy atom. The van der Waals surface area contributed by atoms with Crippen LogP contribution in [0.4, 0.5) is 0 Å². The van der Waals surface area contributed by atoms with E-state index in [0.717, 1.165) is 0 Å². The van der Waals surface area contributed by atoms with E-state index in [-0.39, 0.29) is 11.5 Å². The summed E-state index contributed by atoms with van der Waals surface area (Å²) < 4.78 is 17.0. The van der Waals surface area contributed by atoms with E-state index in [1.807, 2.05) is 0 Å². The van der Waals surface area contributed by atoms with Crippen molar-refractivity contribution in [2.24, 2.45) is 0 Å². The number of phenolic OH excluding ortho intramolecular Hbond substituents is 2. The molecule has 0 bridgehead atoms. The second-order valence-electron chi connectivity index (χ2n) is 1.56. The topological polar surface area (TPSA) is 74.6 Å². The van der Waals surface area contributed by atoms with Gasteiger partial charge in [-0.05, 0) is 12.1 Å². The average molecular weight is 238 g/mol. The van der Waals surface area contributed by atoms with Crippen molar-refractivity contribution in [3.05, 3.63) is 24.3 Å². The fourth-order valence-corrected chi connectivity index (χ4v) is 0.464. The van der Waals surface area contributed by atoms with Crippen LogP contribution in [0.3, 0.4) is 0 Å². The fourth-order valence-electron chi connectivity index (χ4n) is 0.464. The van der Waals surface area contributed by atoms with Gasteiger partial charge in [-0.15, -0.1) is 0 Å². The third-order valence-corrected chi connectivity index (χ3v) is 0.882. The van der Waals surface area contributed by atoms with Gasteiger partial charge in [0.15, 0.2) is 11.5 Å². The van der Waals surface area contributed by atoms with Crippen LogP contribution < -0.4 is 0 Å². The molecule has 4 nitrogen and oxygen atoms in total. The summed E-state index contributed by atoms with van der Waals surface area (Å²) in [5.41, 5.74) is 0. The van der Waals surface area contributed by atoms with E-state index in [2.05, 4.69) is 0 Å². The Labute approximate surface area is 71.6 Å². The van der Waals surface area contributed by atoms with E-state index < -0.39 is 18.5 Å². The monoisotopic (exact) mass is 240 g/mol. The SMILES string of the molecule is Oc1ccccc1O.[O]=[Mo]=[O]. The molecule has 0 heterocycles. The quantitative estimate of drug-likeness (QED) is 0.519. The van der Waals surface area contributed by atoms with Crippen molar-refractivity contribution in [3.8, 4) is 11.5 Å². The van der Waals surface area contributed by atoms with Gasteiger partial charge in [-0.2, -0.15) is 0 Å². The first-order valence-electron chi connectivity index (χ1n) is 2.61. The molecule has 0 spiro atoms. The van der Waals surface area contributed by atoms with Gasteiger partial charge < -0.3 is 10.2 Å². The zero-order chi connectivity index (χ0) is 8.69. The Morgan fingerprint density at radius 1 is 1.00 bits per heavy atom. The number of rotatable bonds is 0. The first kappa shape index (κ1) is 10.1. The van der Waals surface area contributed by atoms with E-state index in [1.54, 1.807) is 12.1 Å². The number of hydrogen-bond donors (Lipinski definition) is 2. The second-order valence-corrected chi connectivity index (χ2v) is 1.89. The summed E-state index contributed by atoms with van der Waals surface area (Å²) in [5.74, 6) is -0.153. The summed E-state index contributed by atoms with van der Waals surface area (Å²) in [6.45, 7) is 0. The molecular weight excluding hydrogens is 232 g/mol. The standard InChI is InChI=1S/C6H6O2.Mo.2O/c7-5-3-1-2-4-6(5)8;;;/h1-4,7-8H;;;. The normalized spacial score (nSPS) is 7.64. The van der Waals surface area contributed by atoms with Crippen molar-refractivity contribution < 1.29 is 35.5 Å². The van der Waals surface area contributed by atoms with Crippen LogP contribution in [0.25, 0.3) is 0 Å². The maximum absolute atomic E-state index is 8.67. The van der Waals surface area contributed by atoms with Gasteiger partial charge in [-0.3, -0.25) is 0 Å². The molecule has 0 amide bonds. The van der Waals surface area contributed by atoms with Crippen LogP contribution in [0.2, 0.25) is 0 Å². The second kappa shape index (κ2) is 5.86. The summed E-state index contributed by atoms with van der Waals surface area (Å²) in [6.07, 6.45) is 0. The number of benzene rings is 1. The van der Waals surface area contributed by atoms with Gasteiger partial charge in [0.1, 0.15) is 0 Å². The molecule has 0 saturated heterocycles. The van der Waals surface area contributed by atoms with Crippen LogP contribution in [0.15, 0.2) is 24.3 Å². The van der Waals surface area contributed by atoms with Crippen molar-refractivity contribution in [2.75, 3.05) is 0 Å². The third kappa shape index (κ3) is 4.50. The molecule has 1 rings (SSSR count). The molecular formula is C6H6MoO4. The first-order valence-corrected chi connectivity index (χ1v) is 4.25. The molecule has 0 fully saturated rings. The molecule has 5 heteroatoms. The van der Waals surface area contributed by atoms with Crippen LogP contribution in [0.5, 0.6) is 11.5 Å². The molecule has 1 aromatic carbocycles. The number of phenols is 2. The van der Waals surface area contributed by atoms with Crippen LogP contribution in [0.1, 0.15) is 0 Å². The fraction of sp³-hybridized carbons (Fsp3) is 0. The average Bonchev–Trinajstić information content (AvgIpc) is 1.97. The van der Waals surface area contributed by atoms with Gasteiger partial charge in [0.25, 0.3) is 0 Å². The van der Waals surface area contributed by atoms with Gasteiger partial charge >= 0.3 is 25.3 Å². The molecule has 0 aliphatic rings. The van der Waals surface area contributed by atoms with E-state index in [1.165, 1.54) is 12.1 Å². The van der Waals surface area contributed by atoms with Gasteiger partial charge in [-0.1, -0.05) is 12.1 Å². The van der Waals surface area contributed by atoms with E-state index in [4.69, 9.17) is 17.0 Å². The van der Waals surface area contributed by atoms with Gasteiger partial charge in [0.2, 0.25) is 0 Å². The first-order chi connectivity index (χ1) is 5.22. The molecule has 11 heavy (non-hydrogen) atoms. The summed E-state index contributed by atoms with van der Waals surface area (Å²) in [4.78, 5) is 0. The number of hydrogen-bond acceptors (Lipinski definition) is 4. The molecule has 0 saturated carbocycles. The molecule has 0 aliphatic heterocycles. The number of para-hydroxylation sites is 2. The van der Waals surface area contributed by atoms with Crippen molar-refractivity contribution in [1.82, 2.24) is 0 Å². The molecule has 0 radical (unpaired) electrons. The predicted molar refractivity (Wildman–Crippen MR) is 31.1 cm³/mol. The van der Waals surface area contributed by atoms with E-state index in [0.29, 0.717) is 0 Å². The van der Waals surface area contributed by atoms with E-state index in [9.17, 15) is 0 Å². The summed E-state index contributed by atoms with van der Waals surface area (Å²) >= 11 is -2.03. The van der Waals surface area contributed by atoms with Crippen molar-refractivity contribution >= 4 is 0 Å². The molecule has 2 N–H and O–H groups in total. The zero-order valence-electron chi connectivity index (χ0n) is 5.43. The Bertz CT molecular complexity index is 234. The Hall–Kier alpha value is -0.892. The summed E-state index contributed by atoms with van der Waals surface area (Å²) in [7, 11) is 0. The Kier molecular flexibility index (Phi) is 5.39. The van der Waals surface area contributed by atoms with Crippen molar-refractivity contribution in [3.63, 3.8) is 0 Å². The minimum absolute atomic E-state index is 0.0764. The summed E-state index contributed by atoms with van der Waals surface area (Å²) in [5, 5.41) is 17.3. The molecule has 1 aromatic rings. The molecule has 60 valence electrons. The Morgan fingerprint density at radius 3 is 1.45 bits per heavy atom. The Balaban J connectivity index is 0.000000292. The van der Waals surface area contributed by atoms with Crippen molar-refractivity contribution in [1.29, 1.82) is 0 Å². The van der Waals surface area contributed by atoms with Crippen LogP contribution in [-0.2, 0) is 25.3 Å². The summed E-state index contributed by atoms with van der Waals surface area (Å²) in [6, 6.07) is 6.15. The molecule has 0 aromatic heterocycles. The third-order valence-electron chi connectivity index (χ3n) is 0.882. The van der Waals surface area contributed by atoms with Crippen LogP contribution in [0, 0.1) is 0 Å². The zero-order valence-corrected chi connectivity index (χ0v) is 7.44. The maximum atomic E-state index is 8.67. The minimum atomic E-state index is -2.03. The number of aromatic hydroxyl groups is 2. The molecule has 0 unspecified atom stereocenters. The van der Waals surface area contributed by atoms with Crippen LogP contribution >= 0.6 is 0 Å². The molecule has 0 aliphatic carbocycles.